The van der Waals surface area contributed by atoms with E-state index in [2.05, 4.69) is 9.39 Å². The van der Waals surface area contributed by atoms with Crippen molar-refractivity contribution in [3.05, 3.63) is 11.8 Å². The summed E-state index contributed by atoms with van der Waals surface area (Å²) in [4.78, 5) is 3.94. The van der Waals surface area contributed by atoms with Crippen molar-refractivity contribution in [3.8, 4) is 0 Å². The molecular formula is C6H9NW. The Balaban J connectivity index is 3.74. The van der Waals surface area contributed by atoms with Crippen molar-refractivity contribution in [3.63, 3.8) is 0 Å². The first kappa shape index (κ1) is 7.97. The van der Waals surface area contributed by atoms with Gasteiger partial charge in [0.2, 0.25) is 0 Å². The van der Waals surface area contributed by atoms with Gasteiger partial charge in [-0.1, -0.05) is 0 Å². The second kappa shape index (κ2) is 5.11. The topological polar surface area (TPSA) is 12.4 Å². The van der Waals surface area contributed by atoms with Gasteiger partial charge in [0.1, 0.15) is 0 Å². The molecule has 0 aromatic carbocycles. The van der Waals surface area contributed by atoms with Gasteiger partial charge in [0.25, 0.3) is 0 Å². The summed E-state index contributed by atoms with van der Waals surface area (Å²) in [5, 5.41) is 0. The SMILES string of the molecule is CC=NC=C(C)[CH]=[W]. The summed E-state index contributed by atoms with van der Waals surface area (Å²) in [5.41, 5.74) is 1.23. The van der Waals surface area contributed by atoms with Crippen LogP contribution in [0.3, 0.4) is 0 Å². The summed E-state index contributed by atoms with van der Waals surface area (Å²) in [7, 11) is 0. The molecule has 0 fully saturated rings. The Hall–Kier alpha value is -0.0317. The van der Waals surface area contributed by atoms with E-state index in [9.17, 15) is 0 Å². The minimum atomic E-state index is 1.23. The van der Waals surface area contributed by atoms with Crippen molar-refractivity contribution >= 4 is 10.6 Å². The van der Waals surface area contributed by atoms with Crippen LogP contribution in [-0.4, -0.2) is 10.6 Å². The zero-order valence-corrected chi connectivity index (χ0v) is 8.02. The van der Waals surface area contributed by atoms with E-state index in [1.54, 1.807) is 6.21 Å². The Morgan fingerprint density at radius 2 is 2.25 bits per heavy atom. The molecule has 0 N–H and O–H groups in total. The molecule has 0 rings (SSSR count). The summed E-state index contributed by atoms with van der Waals surface area (Å²) in [5.74, 6) is 0. The van der Waals surface area contributed by atoms with Gasteiger partial charge in [-0.05, 0) is 0 Å². The fourth-order valence-corrected chi connectivity index (χ4v) is 0.441. The first-order valence-electron chi connectivity index (χ1n) is 2.41. The van der Waals surface area contributed by atoms with E-state index in [1.807, 2.05) is 20.0 Å². The van der Waals surface area contributed by atoms with Crippen LogP contribution in [0.2, 0.25) is 0 Å². The van der Waals surface area contributed by atoms with Gasteiger partial charge in [-0.25, -0.2) is 0 Å². The number of hydrogen-bond acceptors (Lipinski definition) is 1. The van der Waals surface area contributed by atoms with E-state index in [1.165, 1.54) is 24.9 Å². The van der Waals surface area contributed by atoms with Crippen LogP contribution in [0.15, 0.2) is 16.8 Å². The number of aliphatic imine (C=N–C) groups is 1. The average molecular weight is 279 g/mol. The quantitative estimate of drug-likeness (QED) is 0.676. The molecule has 0 saturated heterocycles. The molecule has 0 spiro atoms. The molecule has 0 aromatic rings. The molecule has 0 radical (unpaired) electrons. The van der Waals surface area contributed by atoms with Crippen LogP contribution in [0, 0.1) is 0 Å². The molecule has 0 atom stereocenters. The van der Waals surface area contributed by atoms with Crippen molar-refractivity contribution in [2.75, 3.05) is 0 Å². The second-order valence-corrected chi connectivity index (χ2v) is 2.25. The molecule has 2 heteroatoms. The number of allylic oxidation sites excluding steroid dienone is 1. The van der Waals surface area contributed by atoms with E-state index in [-0.39, 0.29) is 0 Å². The van der Waals surface area contributed by atoms with E-state index < -0.39 is 0 Å². The van der Waals surface area contributed by atoms with Crippen LogP contribution in [0.4, 0.5) is 0 Å². The van der Waals surface area contributed by atoms with E-state index in [0.717, 1.165) is 0 Å². The maximum absolute atomic E-state index is 3.94. The van der Waals surface area contributed by atoms with Crippen LogP contribution < -0.4 is 0 Å². The molecule has 0 saturated carbocycles. The molecule has 0 bridgehead atoms. The van der Waals surface area contributed by atoms with Crippen molar-refractivity contribution < 1.29 is 19.4 Å². The predicted octanol–water partition coefficient (Wildman–Crippen LogP) is 1.33. The molecule has 8 heavy (non-hydrogen) atoms. The Morgan fingerprint density at radius 3 is 2.62 bits per heavy atom. The van der Waals surface area contributed by atoms with Crippen LogP contribution >= 0.6 is 0 Å². The molecule has 0 aliphatic carbocycles. The standard InChI is InChI=1S/C6H9N.W/c1-4-7-5-6(2)3;/h2,4-5H,1,3H3;. The third kappa shape index (κ3) is 4.14. The van der Waals surface area contributed by atoms with Crippen molar-refractivity contribution in [1.82, 2.24) is 0 Å². The molecule has 0 aliphatic heterocycles. The van der Waals surface area contributed by atoms with Crippen molar-refractivity contribution in [2.24, 2.45) is 4.99 Å². The van der Waals surface area contributed by atoms with Gasteiger partial charge in [0, 0.05) is 0 Å². The molecule has 0 aromatic heterocycles. The fourth-order valence-electron chi connectivity index (χ4n) is 0.223. The zero-order chi connectivity index (χ0) is 6.41. The van der Waals surface area contributed by atoms with E-state index in [0.29, 0.717) is 0 Å². The second-order valence-electron chi connectivity index (χ2n) is 1.40. The van der Waals surface area contributed by atoms with Gasteiger partial charge in [-0.15, -0.1) is 0 Å². The average Bonchev–Trinajstić information content (AvgIpc) is 1.83. The Bertz CT molecular complexity index is 124. The van der Waals surface area contributed by atoms with Crippen LogP contribution in [0.5, 0.6) is 0 Å². The van der Waals surface area contributed by atoms with Crippen LogP contribution in [0.1, 0.15) is 13.8 Å². The zero-order valence-electron chi connectivity index (χ0n) is 5.09. The summed E-state index contributed by atoms with van der Waals surface area (Å²) in [6.45, 7) is 3.95. The number of hydrogen-bond donors (Lipinski definition) is 0. The van der Waals surface area contributed by atoms with Crippen LogP contribution in [-0.2, 0) is 19.4 Å². The molecule has 0 aliphatic rings. The number of rotatable bonds is 2. The molecular weight excluding hydrogens is 270 g/mol. The van der Waals surface area contributed by atoms with Gasteiger partial charge in [0.15, 0.2) is 0 Å². The van der Waals surface area contributed by atoms with Gasteiger partial charge in [0.05, 0.1) is 0 Å². The normalized spacial score (nSPS) is 12.5. The van der Waals surface area contributed by atoms with Crippen molar-refractivity contribution in [2.45, 2.75) is 13.8 Å². The van der Waals surface area contributed by atoms with Gasteiger partial charge in [-0.2, -0.15) is 0 Å². The van der Waals surface area contributed by atoms with Crippen molar-refractivity contribution in [1.29, 1.82) is 0 Å². The van der Waals surface area contributed by atoms with Crippen LogP contribution in [0.25, 0.3) is 0 Å². The minimum absolute atomic E-state index is 1.23. The molecule has 0 amide bonds. The molecule has 1 nitrogen and oxygen atoms in total. The summed E-state index contributed by atoms with van der Waals surface area (Å²) < 4.78 is 2.10. The van der Waals surface area contributed by atoms with Gasteiger partial charge < -0.3 is 0 Å². The maximum atomic E-state index is 3.94. The van der Waals surface area contributed by atoms with Gasteiger partial charge in [-0.3, -0.25) is 0 Å². The Kier molecular flexibility index (Phi) is 5.09. The Morgan fingerprint density at radius 1 is 1.62 bits per heavy atom. The summed E-state index contributed by atoms with van der Waals surface area (Å²) >= 11 is 1.47. The monoisotopic (exact) mass is 279 g/mol. The molecule has 44 valence electrons. The van der Waals surface area contributed by atoms with E-state index in [4.69, 9.17) is 0 Å². The molecule has 0 heterocycles. The first-order valence-corrected chi connectivity index (χ1v) is 4.10. The summed E-state index contributed by atoms with van der Waals surface area (Å²) in [6, 6.07) is 0. The summed E-state index contributed by atoms with van der Waals surface area (Å²) in [6.07, 6.45) is 3.63. The third-order valence-electron chi connectivity index (χ3n) is 0.613. The molecule has 0 unspecified atom stereocenters. The third-order valence-corrected chi connectivity index (χ3v) is 1.95. The fraction of sp³-hybridized carbons (Fsp3) is 0.333. The Labute approximate surface area is 60.9 Å². The van der Waals surface area contributed by atoms with E-state index >= 15 is 0 Å². The predicted molar refractivity (Wildman–Crippen MR) is 34.0 cm³/mol. The number of nitrogens with zero attached hydrogens (tertiary/aromatic N) is 1. The first-order chi connectivity index (χ1) is 3.81. The van der Waals surface area contributed by atoms with Gasteiger partial charge >= 0.3 is 60.6 Å².